The molecule has 0 saturated carbocycles. The number of carbonyl (C=O) groups excluding carboxylic acids is 1. The van der Waals surface area contributed by atoms with Crippen LogP contribution in [0.3, 0.4) is 0 Å². The Hall–Kier alpha value is -2.54. The summed E-state index contributed by atoms with van der Waals surface area (Å²) in [6, 6.07) is 9.26. The molecule has 0 atom stereocenters. The molecule has 138 valence electrons. The third-order valence-electron chi connectivity index (χ3n) is 4.31. The third-order valence-corrected chi connectivity index (χ3v) is 4.54. The molecule has 0 bridgehead atoms. The second-order valence-corrected chi connectivity index (χ2v) is 6.50. The van der Waals surface area contributed by atoms with Crippen LogP contribution in [0.5, 0.6) is 0 Å². The number of carbonyl (C=O) groups is 1. The summed E-state index contributed by atoms with van der Waals surface area (Å²) in [5.41, 5.74) is 1.76. The average Bonchev–Trinajstić information content (AvgIpc) is 3.16. The van der Waals surface area contributed by atoms with Gasteiger partial charge in [-0.15, -0.1) is 0 Å². The molecular formula is C18H22ClN5O2. The molecule has 1 aliphatic rings. The second-order valence-electron chi connectivity index (χ2n) is 6.07. The first-order valence-corrected chi connectivity index (χ1v) is 8.90. The summed E-state index contributed by atoms with van der Waals surface area (Å²) < 4.78 is 4.83. The molecule has 1 aromatic heterocycles. The summed E-state index contributed by atoms with van der Waals surface area (Å²) in [6.45, 7) is 3.37. The Balaban J connectivity index is 1.49. The van der Waals surface area contributed by atoms with E-state index in [0.717, 1.165) is 30.3 Å². The topological polar surface area (TPSA) is 74.0 Å². The molecule has 1 aromatic carbocycles. The van der Waals surface area contributed by atoms with Crippen LogP contribution in [0.1, 0.15) is 11.3 Å². The van der Waals surface area contributed by atoms with Gasteiger partial charge in [-0.3, -0.25) is 9.79 Å². The normalized spacial score (nSPS) is 15.2. The van der Waals surface area contributed by atoms with Crippen molar-refractivity contribution in [3.8, 4) is 0 Å². The second kappa shape index (κ2) is 8.71. The number of hydrogen-bond acceptors (Lipinski definition) is 4. The highest BCUT2D eigenvalue weighted by Crippen LogP contribution is 2.13. The van der Waals surface area contributed by atoms with Gasteiger partial charge in [0.25, 0.3) is 0 Å². The number of rotatable bonds is 4. The predicted molar refractivity (Wildman–Crippen MR) is 100 cm³/mol. The van der Waals surface area contributed by atoms with E-state index in [9.17, 15) is 4.79 Å². The lowest BCUT2D eigenvalue weighted by atomic mass is 10.1. The maximum atomic E-state index is 12.5. The van der Waals surface area contributed by atoms with Crippen molar-refractivity contribution in [3.05, 3.63) is 52.9 Å². The molecule has 2 heterocycles. The smallest absolute Gasteiger partial charge is 0.227 e. The molecule has 1 fully saturated rings. The van der Waals surface area contributed by atoms with E-state index in [-0.39, 0.29) is 5.91 Å². The van der Waals surface area contributed by atoms with Crippen molar-refractivity contribution in [1.82, 2.24) is 20.3 Å². The highest BCUT2D eigenvalue weighted by Gasteiger charge is 2.23. The fourth-order valence-electron chi connectivity index (χ4n) is 2.93. The van der Waals surface area contributed by atoms with Crippen molar-refractivity contribution in [2.75, 3.05) is 33.2 Å². The number of benzene rings is 1. The average molecular weight is 376 g/mol. The van der Waals surface area contributed by atoms with Crippen LogP contribution in [0, 0.1) is 0 Å². The van der Waals surface area contributed by atoms with Gasteiger partial charge >= 0.3 is 0 Å². The van der Waals surface area contributed by atoms with Gasteiger partial charge in [0.05, 0.1) is 13.0 Å². The van der Waals surface area contributed by atoms with Gasteiger partial charge < -0.3 is 19.6 Å². The lowest BCUT2D eigenvalue weighted by molar-refractivity contribution is -0.131. The summed E-state index contributed by atoms with van der Waals surface area (Å²) in [5.74, 6) is 0.924. The molecule has 0 radical (unpaired) electrons. The summed E-state index contributed by atoms with van der Waals surface area (Å²) in [6.07, 6.45) is 1.92. The van der Waals surface area contributed by atoms with Crippen molar-refractivity contribution in [1.29, 1.82) is 0 Å². The van der Waals surface area contributed by atoms with E-state index < -0.39 is 0 Å². The van der Waals surface area contributed by atoms with Crippen LogP contribution in [0.4, 0.5) is 0 Å². The van der Waals surface area contributed by atoms with Gasteiger partial charge in [-0.25, -0.2) is 0 Å². The maximum Gasteiger partial charge on any atom is 0.227 e. The Bertz CT molecular complexity index is 755. The number of nitrogens with zero attached hydrogens (tertiary/aromatic N) is 4. The number of halogens is 1. The van der Waals surface area contributed by atoms with Crippen LogP contribution in [0.25, 0.3) is 0 Å². The molecule has 1 amide bonds. The minimum Gasteiger partial charge on any atom is -0.364 e. The van der Waals surface area contributed by atoms with Gasteiger partial charge in [0.2, 0.25) is 5.91 Å². The van der Waals surface area contributed by atoms with Crippen molar-refractivity contribution in [2.24, 2.45) is 4.99 Å². The largest absolute Gasteiger partial charge is 0.364 e. The number of piperazine rings is 1. The van der Waals surface area contributed by atoms with Gasteiger partial charge in [-0.05, 0) is 17.7 Å². The van der Waals surface area contributed by atoms with Gasteiger partial charge in [-0.1, -0.05) is 28.9 Å². The fourth-order valence-corrected chi connectivity index (χ4v) is 3.14. The first kappa shape index (κ1) is 18.3. The van der Waals surface area contributed by atoms with E-state index in [1.807, 2.05) is 35.2 Å². The lowest BCUT2D eigenvalue weighted by Gasteiger charge is -2.36. The van der Waals surface area contributed by atoms with Gasteiger partial charge in [0.1, 0.15) is 12.0 Å². The van der Waals surface area contributed by atoms with Gasteiger partial charge in [0, 0.05) is 44.3 Å². The Morgan fingerprint density at radius 3 is 2.69 bits per heavy atom. The Morgan fingerprint density at radius 2 is 2.04 bits per heavy atom. The molecule has 26 heavy (non-hydrogen) atoms. The van der Waals surface area contributed by atoms with Crippen molar-refractivity contribution >= 4 is 23.5 Å². The van der Waals surface area contributed by atoms with Crippen LogP contribution >= 0.6 is 11.6 Å². The quantitative estimate of drug-likeness (QED) is 0.651. The van der Waals surface area contributed by atoms with E-state index >= 15 is 0 Å². The summed E-state index contributed by atoms with van der Waals surface area (Å²) in [7, 11) is 1.75. The monoisotopic (exact) mass is 375 g/mol. The zero-order valence-electron chi connectivity index (χ0n) is 14.7. The number of amides is 1. The van der Waals surface area contributed by atoms with Crippen LogP contribution in [-0.2, 0) is 17.8 Å². The van der Waals surface area contributed by atoms with E-state index in [2.05, 4.69) is 20.4 Å². The fraction of sp³-hybridized carbons (Fsp3) is 0.389. The van der Waals surface area contributed by atoms with E-state index in [4.69, 9.17) is 16.1 Å². The van der Waals surface area contributed by atoms with Crippen LogP contribution in [0.15, 0.2) is 46.1 Å². The van der Waals surface area contributed by atoms with Crippen LogP contribution < -0.4 is 5.32 Å². The Morgan fingerprint density at radius 1 is 1.27 bits per heavy atom. The molecule has 0 unspecified atom stereocenters. The molecular weight excluding hydrogens is 354 g/mol. The van der Waals surface area contributed by atoms with Crippen molar-refractivity contribution in [3.63, 3.8) is 0 Å². The summed E-state index contributed by atoms with van der Waals surface area (Å²) >= 11 is 5.99. The zero-order chi connectivity index (χ0) is 18.4. The van der Waals surface area contributed by atoms with Crippen molar-refractivity contribution in [2.45, 2.75) is 13.0 Å². The van der Waals surface area contributed by atoms with Crippen LogP contribution in [0.2, 0.25) is 5.02 Å². The summed E-state index contributed by atoms with van der Waals surface area (Å²) in [5, 5.41) is 7.80. The van der Waals surface area contributed by atoms with E-state index in [1.165, 1.54) is 0 Å². The molecule has 0 aliphatic carbocycles. The van der Waals surface area contributed by atoms with Crippen LogP contribution in [-0.4, -0.2) is 60.0 Å². The van der Waals surface area contributed by atoms with E-state index in [1.54, 1.807) is 13.3 Å². The highest BCUT2D eigenvalue weighted by molar-refractivity contribution is 6.30. The lowest BCUT2D eigenvalue weighted by Crippen LogP contribution is -2.53. The molecule has 1 N–H and O–H groups in total. The Labute approximate surface area is 157 Å². The number of aliphatic imine (C=N–C) groups is 1. The van der Waals surface area contributed by atoms with Crippen molar-refractivity contribution < 1.29 is 9.32 Å². The minimum absolute atomic E-state index is 0.123. The van der Waals surface area contributed by atoms with Gasteiger partial charge in [-0.2, -0.15) is 0 Å². The number of nitrogens with one attached hydrogen (secondary N) is 1. The molecule has 3 rings (SSSR count). The first-order chi connectivity index (χ1) is 12.7. The first-order valence-electron chi connectivity index (χ1n) is 8.53. The molecule has 7 nitrogen and oxygen atoms in total. The molecule has 1 saturated heterocycles. The highest BCUT2D eigenvalue weighted by atomic mass is 35.5. The zero-order valence-corrected chi connectivity index (χ0v) is 15.4. The van der Waals surface area contributed by atoms with E-state index in [0.29, 0.717) is 31.1 Å². The molecule has 1 aliphatic heterocycles. The van der Waals surface area contributed by atoms with Gasteiger partial charge in [0.15, 0.2) is 5.96 Å². The molecule has 8 heteroatoms. The third kappa shape index (κ3) is 4.76. The Kier molecular flexibility index (Phi) is 6.12. The number of guanidine groups is 1. The number of aromatic nitrogens is 1. The maximum absolute atomic E-state index is 12.5. The summed E-state index contributed by atoms with van der Waals surface area (Å²) in [4.78, 5) is 20.9. The minimum atomic E-state index is 0.123. The molecule has 2 aromatic rings. The SMILES string of the molecule is CN=C(NCc1ccon1)N1CCN(C(=O)Cc2cccc(Cl)c2)CC1. The standard InChI is InChI=1S/C18H22ClN5O2/c1-20-18(21-13-16-5-10-26-22-16)24-8-6-23(7-9-24)17(25)12-14-3-2-4-15(19)11-14/h2-5,10-11H,6-9,12-13H2,1H3,(H,20,21). The predicted octanol–water partition coefficient (Wildman–Crippen LogP) is 1.79. The number of hydrogen-bond donors (Lipinski definition) is 1. The molecule has 0 spiro atoms.